The number of halogens is 3. The standard InChI is InChI=1S/C7H13F3N2/c1-5(2)12(4)6(11-3)7(8,9)10/h5H,1-4H3. The number of nitrogens with zero attached hydrogens (tertiary/aromatic N) is 2. The molecule has 0 saturated carbocycles. The molecule has 0 N–H and O–H groups in total. The van der Waals surface area contributed by atoms with Gasteiger partial charge in [-0.15, -0.1) is 0 Å². The number of hydrogen-bond acceptors (Lipinski definition) is 1. The molecule has 0 amide bonds. The van der Waals surface area contributed by atoms with Crippen LogP contribution in [-0.2, 0) is 0 Å². The Morgan fingerprint density at radius 2 is 1.75 bits per heavy atom. The van der Waals surface area contributed by atoms with Crippen LogP contribution in [0.15, 0.2) is 4.99 Å². The minimum atomic E-state index is -4.35. The van der Waals surface area contributed by atoms with Gasteiger partial charge >= 0.3 is 6.18 Å². The molecule has 72 valence electrons. The third-order valence-electron chi connectivity index (χ3n) is 1.57. The molecule has 0 atom stereocenters. The number of rotatable bonds is 1. The lowest BCUT2D eigenvalue weighted by Crippen LogP contribution is -2.42. The smallest absolute Gasteiger partial charge is 0.353 e. The van der Waals surface area contributed by atoms with Gasteiger partial charge in [0.1, 0.15) is 0 Å². The first-order valence-corrected chi connectivity index (χ1v) is 3.57. The summed E-state index contributed by atoms with van der Waals surface area (Å²) in [5, 5.41) is 0. The molecule has 0 bridgehead atoms. The lowest BCUT2D eigenvalue weighted by molar-refractivity contribution is -0.0690. The average Bonchev–Trinajstić information content (AvgIpc) is 1.85. The van der Waals surface area contributed by atoms with Crippen LogP contribution in [0.3, 0.4) is 0 Å². The number of alkyl halides is 3. The van der Waals surface area contributed by atoms with E-state index in [1.165, 1.54) is 7.05 Å². The highest BCUT2D eigenvalue weighted by molar-refractivity contribution is 5.87. The molecular weight excluding hydrogens is 169 g/mol. The van der Waals surface area contributed by atoms with Crippen molar-refractivity contribution in [3.05, 3.63) is 0 Å². The van der Waals surface area contributed by atoms with Gasteiger partial charge in [-0.05, 0) is 13.8 Å². The maximum absolute atomic E-state index is 12.2. The van der Waals surface area contributed by atoms with Crippen molar-refractivity contribution in [3.63, 3.8) is 0 Å². The summed E-state index contributed by atoms with van der Waals surface area (Å²) >= 11 is 0. The Hall–Kier alpha value is -0.740. The second-order valence-corrected chi connectivity index (χ2v) is 2.75. The molecule has 0 spiro atoms. The minimum Gasteiger partial charge on any atom is -0.353 e. The minimum absolute atomic E-state index is 0.203. The van der Waals surface area contributed by atoms with Gasteiger partial charge in [-0.3, -0.25) is 4.99 Å². The Kier molecular flexibility index (Phi) is 3.55. The molecule has 0 aromatic heterocycles. The van der Waals surface area contributed by atoms with Gasteiger partial charge in [0.25, 0.3) is 0 Å². The molecule has 0 aliphatic heterocycles. The molecule has 0 unspecified atom stereocenters. The second-order valence-electron chi connectivity index (χ2n) is 2.75. The molecule has 0 aliphatic carbocycles. The molecule has 0 aromatic carbocycles. The van der Waals surface area contributed by atoms with Gasteiger partial charge < -0.3 is 4.90 Å². The predicted octanol–water partition coefficient (Wildman–Crippen LogP) is 1.92. The van der Waals surface area contributed by atoms with Crippen molar-refractivity contribution < 1.29 is 13.2 Å². The van der Waals surface area contributed by atoms with E-state index in [2.05, 4.69) is 4.99 Å². The molecule has 0 aliphatic rings. The van der Waals surface area contributed by atoms with Crippen LogP contribution in [0, 0.1) is 0 Å². The first-order valence-electron chi connectivity index (χ1n) is 3.57. The van der Waals surface area contributed by atoms with Crippen molar-refractivity contribution in [1.82, 2.24) is 4.90 Å². The van der Waals surface area contributed by atoms with E-state index >= 15 is 0 Å². The zero-order valence-corrected chi connectivity index (χ0v) is 7.61. The van der Waals surface area contributed by atoms with Gasteiger partial charge in [0.05, 0.1) is 0 Å². The largest absolute Gasteiger partial charge is 0.449 e. The van der Waals surface area contributed by atoms with E-state index in [1.54, 1.807) is 13.8 Å². The topological polar surface area (TPSA) is 15.6 Å². The number of hydrogen-bond donors (Lipinski definition) is 0. The summed E-state index contributed by atoms with van der Waals surface area (Å²) in [6.07, 6.45) is -4.35. The van der Waals surface area contributed by atoms with E-state index < -0.39 is 12.0 Å². The fourth-order valence-corrected chi connectivity index (χ4v) is 0.729. The van der Waals surface area contributed by atoms with Crippen LogP contribution in [-0.4, -0.2) is 37.0 Å². The summed E-state index contributed by atoms with van der Waals surface area (Å²) in [4.78, 5) is 4.30. The summed E-state index contributed by atoms with van der Waals surface area (Å²) < 4.78 is 36.5. The van der Waals surface area contributed by atoms with Gasteiger partial charge in [-0.2, -0.15) is 13.2 Å². The quantitative estimate of drug-likeness (QED) is 0.447. The highest BCUT2D eigenvalue weighted by atomic mass is 19.4. The Morgan fingerprint density at radius 1 is 1.33 bits per heavy atom. The average molecular weight is 182 g/mol. The second kappa shape index (κ2) is 3.78. The summed E-state index contributed by atoms with van der Waals surface area (Å²) in [6.45, 7) is 3.36. The van der Waals surface area contributed by atoms with E-state index in [4.69, 9.17) is 0 Å². The monoisotopic (exact) mass is 182 g/mol. The first kappa shape index (κ1) is 11.3. The number of aliphatic imine (C=N–C) groups is 1. The SMILES string of the molecule is CN=C(N(C)C(C)C)C(F)(F)F. The zero-order chi connectivity index (χ0) is 9.94. The third kappa shape index (κ3) is 2.71. The van der Waals surface area contributed by atoms with Crippen molar-refractivity contribution in [1.29, 1.82) is 0 Å². The predicted molar refractivity (Wildman–Crippen MR) is 42.3 cm³/mol. The Morgan fingerprint density at radius 3 is 1.83 bits per heavy atom. The van der Waals surface area contributed by atoms with Crippen LogP contribution in [0.25, 0.3) is 0 Å². The van der Waals surface area contributed by atoms with E-state index in [9.17, 15) is 13.2 Å². The molecule has 2 nitrogen and oxygen atoms in total. The lowest BCUT2D eigenvalue weighted by Gasteiger charge is -2.26. The molecule has 0 saturated heterocycles. The van der Waals surface area contributed by atoms with Crippen molar-refractivity contribution in [3.8, 4) is 0 Å². The fourth-order valence-electron chi connectivity index (χ4n) is 0.729. The summed E-state index contributed by atoms with van der Waals surface area (Å²) in [5.74, 6) is -0.836. The molecule has 12 heavy (non-hydrogen) atoms. The van der Waals surface area contributed by atoms with Crippen LogP contribution < -0.4 is 0 Å². The van der Waals surface area contributed by atoms with Crippen molar-refractivity contribution in [2.24, 2.45) is 4.99 Å². The van der Waals surface area contributed by atoms with Gasteiger partial charge in [-0.1, -0.05) is 0 Å². The summed E-state index contributed by atoms with van der Waals surface area (Å²) in [5.41, 5.74) is 0. The lowest BCUT2D eigenvalue weighted by atomic mass is 10.3. The highest BCUT2D eigenvalue weighted by Crippen LogP contribution is 2.20. The first-order chi connectivity index (χ1) is 5.30. The van der Waals surface area contributed by atoms with Gasteiger partial charge in [0.2, 0.25) is 5.84 Å². The van der Waals surface area contributed by atoms with Crippen molar-refractivity contribution in [2.75, 3.05) is 14.1 Å². The normalized spacial score (nSPS) is 13.8. The van der Waals surface area contributed by atoms with E-state index in [-0.39, 0.29) is 6.04 Å². The Labute approximate surface area is 70.1 Å². The summed E-state index contributed by atoms with van der Waals surface area (Å²) in [6, 6.07) is -0.203. The molecule has 5 heteroatoms. The molecule has 0 rings (SSSR count). The van der Waals surface area contributed by atoms with Gasteiger partial charge in [-0.25, -0.2) is 0 Å². The van der Waals surface area contributed by atoms with Crippen LogP contribution in [0.5, 0.6) is 0 Å². The van der Waals surface area contributed by atoms with E-state index in [1.807, 2.05) is 0 Å². The zero-order valence-electron chi connectivity index (χ0n) is 7.61. The maximum atomic E-state index is 12.2. The molecule has 0 fully saturated rings. The van der Waals surface area contributed by atoms with Gasteiger partial charge in [0.15, 0.2) is 0 Å². The molecule has 0 radical (unpaired) electrons. The van der Waals surface area contributed by atoms with Crippen molar-refractivity contribution >= 4 is 5.84 Å². The van der Waals surface area contributed by atoms with Crippen LogP contribution in [0.4, 0.5) is 13.2 Å². The summed E-state index contributed by atoms with van der Waals surface area (Å²) in [7, 11) is 2.52. The van der Waals surface area contributed by atoms with Gasteiger partial charge in [0, 0.05) is 20.1 Å². The Bertz CT molecular complexity index is 172. The molecule has 0 aromatic rings. The van der Waals surface area contributed by atoms with Crippen LogP contribution >= 0.6 is 0 Å². The molecular formula is C7H13F3N2. The van der Waals surface area contributed by atoms with Crippen LogP contribution in [0.2, 0.25) is 0 Å². The number of amidine groups is 1. The third-order valence-corrected chi connectivity index (χ3v) is 1.57. The Balaban J connectivity index is 4.60. The maximum Gasteiger partial charge on any atom is 0.449 e. The van der Waals surface area contributed by atoms with E-state index in [0.29, 0.717) is 0 Å². The fraction of sp³-hybridized carbons (Fsp3) is 0.857. The highest BCUT2D eigenvalue weighted by Gasteiger charge is 2.38. The van der Waals surface area contributed by atoms with Crippen molar-refractivity contribution in [2.45, 2.75) is 26.1 Å². The molecule has 0 heterocycles. The van der Waals surface area contributed by atoms with E-state index in [0.717, 1.165) is 11.9 Å². The van der Waals surface area contributed by atoms with Crippen LogP contribution in [0.1, 0.15) is 13.8 Å².